The van der Waals surface area contributed by atoms with Crippen molar-refractivity contribution in [3.8, 4) is 0 Å². The van der Waals surface area contributed by atoms with E-state index in [1.54, 1.807) is 6.07 Å². The second kappa shape index (κ2) is 3.45. The molecular weight excluding hydrogens is 312 g/mol. The Morgan fingerprint density at radius 3 is 2.25 bits per heavy atom. The van der Waals surface area contributed by atoms with Gasteiger partial charge in [0.25, 0.3) is 10.1 Å². The van der Waals surface area contributed by atoms with Gasteiger partial charge in [0.15, 0.2) is 0 Å². The third-order valence-corrected chi connectivity index (χ3v) is 3.50. The maximum absolute atomic E-state index is 10.7. The van der Waals surface area contributed by atoms with E-state index in [-0.39, 0.29) is 4.90 Å². The summed E-state index contributed by atoms with van der Waals surface area (Å²) in [5.41, 5.74) is 0. The molecule has 0 fully saturated rings. The quantitative estimate of drug-likeness (QED) is 0.810. The summed E-state index contributed by atoms with van der Waals surface area (Å²) in [5.74, 6) is 0. The third-order valence-electron chi connectivity index (χ3n) is 1.17. The minimum Gasteiger partial charge on any atom is -0.282 e. The fourth-order valence-electron chi connectivity index (χ4n) is 0.684. The molecule has 1 N–H and O–H groups in total. The van der Waals surface area contributed by atoms with Crippen molar-refractivity contribution in [2.75, 3.05) is 0 Å². The Bertz CT molecular complexity index is 399. The van der Waals surface area contributed by atoms with Gasteiger partial charge < -0.3 is 0 Å². The Kier molecular flexibility index (Phi) is 2.92. The fourth-order valence-corrected chi connectivity index (χ4v) is 2.89. The van der Waals surface area contributed by atoms with Crippen LogP contribution >= 0.6 is 31.9 Å². The van der Waals surface area contributed by atoms with Crippen LogP contribution in [0.15, 0.2) is 32.0 Å². The lowest BCUT2D eigenvalue weighted by Crippen LogP contribution is -1.98. The van der Waals surface area contributed by atoms with E-state index in [0.717, 1.165) is 4.47 Å². The summed E-state index contributed by atoms with van der Waals surface area (Å²) in [6.07, 6.45) is 0. The third kappa shape index (κ3) is 2.29. The normalized spacial score (nSPS) is 11.6. The van der Waals surface area contributed by atoms with Crippen LogP contribution in [-0.4, -0.2) is 13.0 Å². The molecular formula is C6H4Br2O3S. The van der Waals surface area contributed by atoms with Gasteiger partial charge in [-0.1, -0.05) is 15.9 Å². The van der Waals surface area contributed by atoms with Crippen molar-refractivity contribution in [2.24, 2.45) is 0 Å². The number of halogens is 2. The topological polar surface area (TPSA) is 54.4 Å². The summed E-state index contributed by atoms with van der Waals surface area (Å²) in [5, 5.41) is 0. The largest absolute Gasteiger partial charge is 0.295 e. The molecule has 0 spiro atoms. The monoisotopic (exact) mass is 314 g/mol. The minimum absolute atomic E-state index is 0.134. The molecule has 0 amide bonds. The van der Waals surface area contributed by atoms with Gasteiger partial charge in [0.2, 0.25) is 0 Å². The lowest BCUT2D eigenvalue weighted by Gasteiger charge is -1.99. The van der Waals surface area contributed by atoms with Crippen LogP contribution < -0.4 is 0 Å². The fraction of sp³-hybridized carbons (Fsp3) is 0. The van der Waals surface area contributed by atoms with Gasteiger partial charge in [-0.2, -0.15) is 8.42 Å². The molecule has 0 aromatic heterocycles. The first-order valence-electron chi connectivity index (χ1n) is 2.84. The molecule has 12 heavy (non-hydrogen) atoms. The second-order valence-electron chi connectivity index (χ2n) is 2.05. The van der Waals surface area contributed by atoms with E-state index in [1.807, 2.05) is 0 Å². The van der Waals surface area contributed by atoms with E-state index >= 15 is 0 Å². The molecule has 0 aliphatic rings. The second-order valence-corrected chi connectivity index (χ2v) is 5.21. The van der Waals surface area contributed by atoms with Crippen LogP contribution in [0.1, 0.15) is 0 Å². The molecule has 0 heterocycles. The summed E-state index contributed by atoms with van der Waals surface area (Å²) >= 11 is 6.17. The highest BCUT2D eigenvalue weighted by Crippen LogP contribution is 2.25. The maximum atomic E-state index is 10.7. The predicted octanol–water partition coefficient (Wildman–Crippen LogP) is 2.46. The average molecular weight is 316 g/mol. The van der Waals surface area contributed by atoms with Crippen molar-refractivity contribution in [3.63, 3.8) is 0 Å². The number of hydrogen-bond acceptors (Lipinski definition) is 2. The smallest absolute Gasteiger partial charge is 0.282 e. The maximum Gasteiger partial charge on any atom is 0.295 e. The van der Waals surface area contributed by atoms with Gasteiger partial charge in [-0.15, -0.1) is 0 Å². The average Bonchev–Trinajstić information content (AvgIpc) is 1.83. The molecule has 0 bridgehead atoms. The Morgan fingerprint density at radius 1 is 1.25 bits per heavy atom. The van der Waals surface area contributed by atoms with Crippen LogP contribution in [0.4, 0.5) is 0 Å². The molecule has 0 saturated carbocycles. The van der Waals surface area contributed by atoms with Crippen LogP contribution in [-0.2, 0) is 10.1 Å². The van der Waals surface area contributed by atoms with Gasteiger partial charge in [-0.05, 0) is 34.1 Å². The van der Waals surface area contributed by atoms with E-state index in [9.17, 15) is 8.42 Å². The molecule has 6 heteroatoms. The molecule has 0 aliphatic heterocycles. The number of benzene rings is 1. The van der Waals surface area contributed by atoms with Crippen LogP contribution in [0.25, 0.3) is 0 Å². The van der Waals surface area contributed by atoms with Crippen molar-refractivity contribution in [2.45, 2.75) is 4.90 Å². The Labute approximate surface area is 86.8 Å². The minimum atomic E-state index is -4.12. The molecule has 0 aliphatic carbocycles. The van der Waals surface area contributed by atoms with E-state index in [2.05, 4.69) is 31.9 Å². The zero-order valence-electron chi connectivity index (χ0n) is 5.66. The van der Waals surface area contributed by atoms with Gasteiger partial charge in [-0.25, -0.2) is 0 Å². The SMILES string of the molecule is O=S(=O)(O)c1ccc(Br)cc1Br. The molecule has 3 nitrogen and oxygen atoms in total. The molecule has 66 valence electrons. The van der Waals surface area contributed by atoms with Crippen LogP contribution in [0.5, 0.6) is 0 Å². The lowest BCUT2D eigenvalue weighted by atomic mass is 10.4. The highest BCUT2D eigenvalue weighted by Gasteiger charge is 2.13. The van der Waals surface area contributed by atoms with E-state index < -0.39 is 10.1 Å². The van der Waals surface area contributed by atoms with E-state index in [0.29, 0.717) is 4.47 Å². The lowest BCUT2D eigenvalue weighted by molar-refractivity contribution is 0.482. The highest BCUT2D eigenvalue weighted by atomic mass is 79.9. The Hall–Kier alpha value is 0.0900. The van der Waals surface area contributed by atoms with Crippen molar-refractivity contribution < 1.29 is 13.0 Å². The van der Waals surface area contributed by atoms with E-state index in [4.69, 9.17) is 4.55 Å². The van der Waals surface area contributed by atoms with Gasteiger partial charge in [0.1, 0.15) is 4.90 Å². The van der Waals surface area contributed by atoms with Crippen molar-refractivity contribution in [1.29, 1.82) is 0 Å². The molecule has 0 radical (unpaired) electrons. The van der Waals surface area contributed by atoms with Crippen molar-refractivity contribution >= 4 is 42.0 Å². The zero-order valence-corrected chi connectivity index (χ0v) is 9.65. The molecule has 0 atom stereocenters. The van der Waals surface area contributed by atoms with Gasteiger partial charge in [-0.3, -0.25) is 4.55 Å². The molecule has 1 aromatic carbocycles. The Morgan fingerprint density at radius 2 is 1.83 bits per heavy atom. The molecule has 0 unspecified atom stereocenters. The van der Waals surface area contributed by atoms with Crippen molar-refractivity contribution in [1.82, 2.24) is 0 Å². The summed E-state index contributed by atoms with van der Waals surface area (Å²) in [6.45, 7) is 0. The molecule has 1 rings (SSSR count). The number of hydrogen-bond donors (Lipinski definition) is 1. The van der Waals surface area contributed by atoms with Gasteiger partial charge in [0, 0.05) is 8.95 Å². The van der Waals surface area contributed by atoms with Gasteiger partial charge in [0.05, 0.1) is 0 Å². The first-order valence-corrected chi connectivity index (χ1v) is 5.86. The van der Waals surface area contributed by atoms with E-state index in [1.165, 1.54) is 12.1 Å². The van der Waals surface area contributed by atoms with Crippen LogP contribution in [0.3, 0.4) is 0 Å². The summed E-state index contributed by atoms with van der Waals surface area (Å²) in [4.78, 5) is -0.134. The number of rotatable bonds is 1. The first-order chi connectivity index (χ1) is 5.41. The highest BCUT2D eigenvalue weighted by molar-refractivity contribution is 9.11. The molecule has 0 saturated heterocycles. The summed E-state index contributed by atoms with van der Waals surface area (Å²) in [6, 6.07) is 4.39. The first kappa shape index (κ1) is 10.2. The van der Waals surface area contributed by atoms with Gasteiger partial charge >= 0.3 is 0 Å². The Balaban J connectivity index is 3.39. The standard InChI is InChI=1S/C6H4Br2O3S/c7-4-1-2-6(5(8)3-4)12(9,10)11/h1-3H,(H,9,10,11). The van der Waals surface area contributed by atoms with Crippen molar-refractivity contribution in [3.05, 3.63) is 27.1 Å². The van der Waals surface area contributed by atoms with Crippen LogP contribution in [0.2, 0.25) is 0 Å². The summed E-state index contributed by atoms with van der Waals surface area (Å²) < 4.78 is 31.1. The zero-order chi connectivity index (χ0) is 9.35. The summed E-state index contributed by atoms with van der Waals surface area (Å²) in [7, 11) is -4.12. The predicted molar refractivity (Wildman–Crippen MR) is 51.7 cm³/mol. The molecule has 1 aromatic rings. The van der Waals surface area contributed by atoms with Crippen LogP contribution in [0, 0.1) is 0 Å².